The number of phenols is 1. The minimum absolute atomic E-state index is 0.00403. The van der Waals surface area contributed by atoms with Gasteiger partial charge in [-0.05, 0) is 56.3 Å². The molecule has 0 saturated heterocycles. The van der Waals surface area contributed by atoms with E-state index in [0.29, 0.717) is 17.0 Å². The maximum absolute atomic E-state index is 14.1. The molecule has 5 atom stereocenters. The number of anilines is 1. The molecule has 0 fully saturated rings. The summed E-state index contributed by atoms with van der Waals surface area (Å²) in [7, 11) is 6.88. The molecule has 41 heavy (non-hydrogen) atoms. The van der Waals surface area contributed by atoms with Crippen LogP contribution in [0.5, 0.6) is 5.75 Å². The van der Waals surface area contributed by atoms with E-state index in [4.69, 9.17) is 5.73 Å². The molecule has 0 aliphatic heterocycles. The van der Waals surface area contributed by atoms with E-state index in [0.717, 1.165) is 4.90 Å². The first-order valence-electron chi connectivity index (χ1n) is 13.2. The fourth-order valence-electron chi connectivity index (χ4n) is 6.72. The third-order valence-corrected chi connectivity index (χ3v) is 9.64. The molecule has 1 amide bonds. The van der Waals surface area contributed by atoms with Crippen molar-refractivity contribution >= 4 is 34.9 Å². The van der Waals surface area contributed by atoms with Gasteiger partial charge in [-0.25, -0.2) is 0 Å². The lowest BCUT2D eigenvalue weighted by Gasteiger charge is -2.51. The largest absolute Gasteiger partial charge is 0.510 e. The van der Waals surface area contributed by atoms with E-state index in [9.17, 15) is 34.8 Å². The zero-order chi connectivity index (χ0) is 30.0. The van der Waals surface area contributed by atoms with Crippen LogP contribution in [-0.4, -0.2) is 88.4 Å². The van der Waals surface area contributed by atoms with E-state index in [1.807, 2.05) is 49.3 Å². The number of fused-ring (bicyclic) bond motifs is 3. The zero-order valence-electron chi connectivity index (χ0n) is 23.2. The molecule has 3 aliphatic carbocycles. The third kappa shape index (κ3) is 4.22. The number of benzene rings is 2. The van der Waals surface area contributed by atoms with Gasteiger partial charge in [-0.2, -0.15) is 0 Å². The molecule has 11 heteroatoms. The Morgan fingerprint density at radius 3 is 2.29 bits per heavy atom. The lowest BCUT2D eigenvalue weighted by molar-refractivity contribution is -0.148. The van der Waals surface area contributed by atoms with E-state index in [1.54, 1.807) is 36.8 Å². The number of hydrogen-bond donors (Lipinski definition) is 5. The normalized spacial score (nSPS) is 27.5. The van der Waals surface area contributed by atoms with Gasteiger partial charge in [-0.3, -0.25) is 19.3 Å². The van der Waals surface area contributed by atoms with E-state index < -0.39 is 64.0 Å². The van der Waals surface area contributed by atoms with E-state index in [2.05, 4.69) is 0 Å². The van der Waals surface area contributed by atoms with Crippen molar-refractivity contribution in [3.8, 4) is 5.75 Å². The minimum Gasteiger partial charge on any atom is -0.510 e. The standard InChI is InChI=1S/C30H33N3O7S/c1-32(2)18-10-11-19(34)22-20(18)16(13-41-14-8-6-5-7-9-14)15-12-17-24(33(3)4)26(36)23(29(31)39)28(38)30(17,40)27(37)21(15)25(22)35/h5-11,15-17,24,34,36-37,40H,12-13H2,1-4H3,(H2,31,39)/t15-,16-,17+,24+,30+/m1/s1. The lowest BCUT2D eigenvalue weighted by atomic mass is 9.56. The van der Waals surface area contributed by atoms with Gasteiger partial charge < -0.3 is 31.1 Å². The molecule has 10 nitrogen and oxygen atoms in total. The Balaban J connectivity index is 1.76. The van der Waals surface area contributed by atoms with E-state index >= 15 is 0 Å². The summed E-state index contributed by atoms with van der Waals surface area (Å²) in [4.78, 5) is 44.3. The lowest BCUT2D eigenvalue weighted by Crippen LogP contribution is -2.64. The van der Waals surface area contributed by atoms with Gasteiger partial charge in [0.2, 0.25) is 5.78 Å². The number of aliphatic hydroxyl groups excluding tert-OH is 2. The van der Waals surface area contributed by atoms with Gasteiger partial charge in [0.25, 0.3) is 5.91 Å². The van der Waals surface area contributed by atoms with Crippen molar-refractivity contribution in [3.05, 3.63) is 76.3 Å². The second-order valence-corrected chi connectivity index (χ2v) is 12.3. The fourth-order valence-corrected chi connectivity index (χ4v) is 7.84. The molecule has 6 N–H and O–H groups in total. The number of Topliss-reactive ketones (excluding diaryl/α,β-unsaturated/α-hetero) is 2. The maximum atomic E-state index is 14.1. The van der Waals surface area contributed by atoms with Crippen LogP contribution in [0.3, 0.4) is 0 Å². The highest BCUT2D eigenvalue weighted by atomic mass is 32.2. The number of likely N-dealkylation sites (N-methyl/N-ethyl adjacent to an activating group) is 1. The van der Waals surface area contributed by atoms with Crippen molar-refractivity contribution in [2.75, 3.05) is 38.8 Å². The number of nitrogens with two attached hydrogens (primary N) is 1. The van der Waals surface area contributed by atoms with Crippen molar-refractivity contribution in [2.45, 2.75) is 28.9 Å². The first kappa shape index (κ1) is 28.7. The number of phenolic OH excluding ortho intramolecular Hbond substituents is 1. The summed E-state index contributed by atoms with van der Waals surface area (Å²) in [6, 6.07) is 11.7. The number of allylic oxidation sites excluding steroid dienone is 1. The van der Waals surface area contributed by atoms with Gasteiger partial charge >= 0.3 is 0 Å². The Morgan fingerprint density at radius 2 is 1.71 bits per heavy atom. The predicted molar refractivity (Wildman–Crippen MR) is 154 cm³/mol. The SMILES string of the molecule is CN(C)c1ccc(O)c2c1[C@H](CSc1ccccc1)[C@H]1C[C@H]3[C@H](N(C)C)C(O)=C(C(N)=O)C(=O)[C@@]3(O)C(O)=C1C2=O. The van der Waals surface area contributed by atoms with Crippen LogP contribution in [0.2, 0.25) is 0 Å². The van der Waals surface area contributed by atoms with E-state index in [-0.39, 0.29) is 23.3 Å². The molecule has 0 heterocycles. The molecular weight excluding hydrogens is 546 g/mol. The van der Waals surface area contributed by atoms with Crippen LogP contribution in [-0.2, 0) is 9.59 Å². The quantitative estimate of drug-likeness (QED) is 0.254. The molecule has 216 valence electrons. The van der Waals surface area contributed by atoms with Gasteiger partial charge in [0.05, 0.1) is 11.6 Å². The van der Waals surface area contributed by atoms with Crippen molar-refractivity contribution in [3.63, 3.8) is 0 Å². The summed E-state index contributed by atoms with van der Waals surface area (Å²) < 4.78 is 0. The number of aromatic hydroxyl groups is 1. The van der Waals surface area contributed by atoms with Gasteiger partial charge in [-0.1, -0.05) is 18.2 Å². The molecule has 0 radical (unpaired) electrons. The average molecular weight is 580 g/mol. The summed E-state index contributed by atoms with van der Waals surface area (Å²) in [5.41, 5.74) is 3.07. The minimum atomic E-state index is -2.68. The first-order valence-corrected chi connectivity index (χ1v) is 14.2. The first-order chi connectivity index (χ1) is 19.3. The smallest absolute Gasteiger partial charge is 0.255 e. The van der Waals surface area contributed by atoms with Gasteiger partial charge in [-0.15, -0.1) is 11.8 Å². The number of carbonyl (C=O) groups excluding carboxylic acids is 3. The average Bonchev–Trinajstić information content (AvgIpc) is 2.90. The highest BCUT2D eigenvalue weighted by Gasteiger charge is 2.64. The molecular formula is C30H33N3O7S. The van der Waals surface area contributed by atoms with Crippen LogP contribution in [0, 0.1) is 11.8 Å². The fraction of sp³-hybridized carbons (Fsp3) is 0.367. The molecule has 2 aromatic rings. The summed E-state index contributed by atoms with van der Waals surface area (Å²) in [5.74, 6) is -6.75. The Labute approximate surface area is 241 Å². The number of thioether (sulfide) groups is 1. The number of aliphatic hydroxyl groups is 3. The van der Waals surface area contributed by atoms with Crippen molar-refractivity contribution in [1.82, 2.24) is 4.90 Å². The summed E-state index contributed by atoms with van der Waals surface area (Å²) >= 11 is 1.54. The second-order valence-electron chi connectivity index (χ2n) is 11.2. The highest BCUT2D eigenvalue weighted by Crippen LogP contribution is 2.57. The number of primary amides is 1. The maximum Gasteiger partial charge on any atom is 0.255 e. The van der Waals surface area contributed by atoms with Crippen LogP contribution < -0.4 is 10.6 Å². The highest BCUT2D eigenvalue weighted by molar-refractivity contribution is 7.99. The van der Waals surface area contributed by atoms with Crippen LogP contribution in [0.25, 0.3) is 0 Å². The predicted octanol–water partition coefficient (Wildman–Crippen LogP) is 2.52. The monoisotopic (exact) mass is 579 g/mol. The van der Waals surface area contributed by atoms with E-state index in [1.165, 1.54) is 6.07 Å². The number of carbonyl (C=O) groups is 3. The second kappa shape index (κ2) is 10.2. The Hall–Kier alpha value is -3.80. The molecule has 0 unspecified atom stereocenters. The van der Waals surface area contributed by atoms with Crippen molar-refractivity contribution < 1.29 is 34.8 Å². The van der Waals surface area contributed by atoms with Gasteiger partial charge in [0, 0.05) is 47.8 Å². The number of nitrogens with zero attached hydrogens (tertiary/aromatic N) is 2. The summed E-state index contributed by atoms with van der Waals surface area (Å²) in [5, 5.41) is 45.6. The van der Waals surface area contributed by atoms with Crippen LogP contribution >= 0.6 is 11.8 Å². The van der Waals surface area contributed by atoms with Gasteiger partial charge in [0.1, 0.15) is 22.8 Å². The molecule has 3 aliphatic rings. The number of amides is 1. The van der Waals surface area contributed by atoms with Crippen LogP contribution in [0.1, 0.15) is 28.3 Å². The molecule has 0 aromatic heterocycles. The Morgan fingerprint density at radius 1 is 1.05 bits per heavy atom. The zero-order valence-corrected chi connectivity index (χ0v) is 24.0. The summed E-state index contributed by atoms with van der Waals surface area (Å²) in [6.07, 6.45) is 0.0221. The van der Waals surface area contributed by atoms with Crippen LogP contribution in [0.15, 0.2) is 70.0 Å². The molecule has 0 saturated carbocycles. The Kier molecular flexibility index (Phi) is 7.17. The molecule has 0 spiro atoms. The van der Waals surface area contributed by atoms with Crippen LogP contribution in [0.4, 0.5) is 5.69 Å². The van der Waals surface area contributed by atoms with Gasteiger partial charge in [0.15, 0.2) is 11.4 Å². The number of ketones is 2. The van der Waals surface area contributed by atoms with Crippen molar-refractivity contribution in [1.29, 1.82) is 0 Å². The number of hydrogen-bond acceptors (Lipinski definition) is 10. The van der Waals surface area contributed by atoms with Crippen molar-refractivity contribution in [2.24, 2.45) is 17.6 Å². The topological polar surface area (TPSA) is 165 Å². The molecule has 2 aromatic carbocycles. The summed E-state index contributed by atoms with van der Waals surface area (Å²) in [6.45, 7) is 0. The number of rotatable bonds is 6. The third-order valence-electron chi connectivity index (χ3n) is 8.51. The molecule has 0 bridgehead atoms. The molecule has 5 rings (SSSR count). The Bertz CT molecular complexity index is 1520.